The fourth-order valence-corrected chi connectivity index (χ4v) is 5.66. The smallest absolute Gasteiger partial charge is 0.354 e. The van der Waals surface area contributed by atoms with Gasteiger partial charge in [0.25, 0.3) is 0 Å². The van der Waals surface area contributed by atoms with Gasteiger partial charge in [-0.2, -0.15) is 0 Å². The van der Waals surface area contributed by atoms with E-state index in [-0.39, 0.29) is 41.3 Å². The summed E-state index contributed by atoms with van der Waals surface area (Å²) < 4.78 is 131. The Bertz CT molecular complexity index is 2550. The Labute approximate surface area is 427 Å². The second-order valence-electron chi connectivity index (χ2n) is 14.3. The number of aromatic hydroxyl groups is 1. The minimum Gasteiger partial charge on any atom is -0.503 e. The summed E-state index contributed by atoms with van der Waals surface area (Å²) in [5.41, 5.74) is 6.60. The Morgan fingerprint density at radius 3 is 1.57 bits per heavy atom. The molecule has 3 aliphatic heterocycles. The number of carboxylic acids is 1. The number of rotatable bonds is 10. The summed E-state index contributed by atoms with van der Waals surface area (Å²) in [7, 11) is 0. The van der Waals surface area contributed by atoms with Crippen molar-refractivity contribution < 1.29 is 89.0 Å². The standard InChI is InChI=1S/C10H15NO.C9H13NO2.C8H9NO2.C8H11NO.C7H5NO4.C7H7NO3.12H2/c1-4-9-6-10(12-5-2)8(3)7-11-9;1-3-7-5-9(12-4-2)8(11)6-10-7;1-2-6-3-7-8(4-9-6)11-5-10-7;1-3-7-4-8(10)6(2)5-9-7;9-7(10)4-1-5-6(2-8-4)12-3-11-5;9-3-5-1-6-7(2-8-5)11-4-10-6;;;;;;;;;;;;/h6-7H,4-5H2,1-3H3;5-6,11H,3-4H2,1-2H3;3-4H,2,5H2,1H3;4-5H,3H2,1-2H3,(H,9,10);1-2H,3H2,(H,9,10);1-2,9H,3-4H2;12*1H/i;;;;;;9*1+1D;3*1+1. The van der Waals surface area contributed by atoms with Crippen molar-refractivity contribution in [2.45, 2.75) is 87.7 Å². The summed E-state index contributed by atoms with van der Waals surface area (Å²) in [6.45, 7) is 17.8. The van der Waals surface area contributed by atoms with Crippen molar-refractivity contribution in [3.05, 3.63) is 129 Å². The average molecular weight is 986 g/mol. The summed E-state index contributed by atoms with van der Waals surface area (Å²) >= 11 is 0. The van der Waals surface area contributed by atoms with E-state index in [1.54, 1.807) is 43.7 Å². The van der Waals surface area contributed by atoms with Gasteiger partial charge in [0.2, 0.25) is 20.4 Å². The molecule has 0 spiro atoms. The maximum atomic E-state index is 11.0. The molecule has 0 amide bonds. The molecule has 0 unspecified atom stereocenters. The van der Waals surface area contributed by atoms with Gasteiger partial charge >= 0.3 is 5.97 Å². The van der Waals surface area contributed by atoms with E-state index in [1.807, 2.05) is 52.9 Å². The lowest BCUT2D eigenvalue weighted by Gasteiger charge is -2.07. The zero-order valence-electron chi connectivity index (χ0n) is 57.7. The van der Waals surface area contributed by atoms with E-state index in [1.165, 1.54) is 18.5 Å². The van der Waals surface area contributed by atoms with E-state index in [0.717, 1.165) is 76.8 Å². The Balaban J connectivity index is -0.000000116. The fourth-order valence-electron chi connectivity index (χ4n) is 5.66. The van der Waals surface area contributed by atoms with Crippen molar-refractivity contribution in [3.63, 3.8) is 0 Å². The first-order valence-corrected chi connectivity index (χ1v) is 22.0. The van der Waals surface area contributed by atoms with Crippen molar-refractivity contribution in [2.75, 3.05) is 33.6 Å². The van der Waals surface area contributed by atoms with Gasteiger partial charge in [-0.1, -0.05) is 27.7 Å². The van der Waals surface area contributed by atoms with E-state index in [2.05, 4.69) is 43.8 Å². The lowest BCUT2D eigenvalue weighted by molar-refractivity contribution is 0.0690. The molecule has 19 nitrogen and oxygen atoms in total. The van der Waals surface area contributed by atoms with Gasteiger partial charge in [0, 0.05) is 114 Å². The predicted octanol–water partition coefficient (Wildman–Crippen LogP) is 10.5. The molecule has 6 aromatic rings. The third kappa shape index (κ3) is 16.3. The van der Waals surface area contributed by atoms with E-state index in [4.69, 9.17) is 74.8 Å². The number of aromatic carboxylic acids is 1. The third-order valence-corrected chi connectivity index (χ3v) is 9.52. The molecule has 0 atom stereocenters. The number of ether oxygens (including phenoxy) is 8. The number of carboxylic acid groups (broad SMARTS) is 1. The SMILES string of the molecule is CCOc1cc(CC)ncc1C.CCOc1cc(CC)ncc1O.CCc1cc(=O)c(C)c[nH]1.CCc1cc2c(cn1)OCO2.O=C(O)c1cc2c(cn1)OCO2.OCc1cc2c(cn1)OCO2.[2HH].[2HH].[2HH].[2H][2H].[2H][2H].[2H][2H].[2H][2H].[2H][2H].[2H][2H].[2H][2H].[2H][2H].[2H][2H]. The molecule has 6 aromatic heterocycles. The van der Waals surface area contributed by atoms with Crippen LogP contribution in [0, 0.1) is 13.8 Å². The molecule has 0 fully saturated rings. The number of H-pyrrole nitrogens is 1. The van der Waals surface area contributed by atoms with Crippen LogP contribution in [0.15, 0.2) is 78.4 Å². The molecule has 0 bridgehead atoms. The lowest BCUT2D eigenvalue weighted by atomic mass is 10.2. The lowest BCUT2D eigenvalue weighted by Crippen LogP contribution is -2.05. The maximum Gasteiger partial charge on any atom is 0.354 e. The number of hydrogen-bond acceptors (Lipinski definition) is 17. The van der Waals surface area contributed by atoms with Crippen LogP contribution >= 0.6 is 0 Å². The number of hydrogen-bond donors (Lipinski definition) is 4. The van der Waals surface area contributed by atoms with Gasteiger partial charge in [-0.15, -0.1) is 0 Å². The highest BCUT2D eigenvalue weighted by atomic mass is 16.7. The van der Waals surface area contributed by atoms with Crippen molar-refractivity contribution in [2.24, 2.45) is 0 Å². The number of nitrogens with zero attached hydrogens (tertiary/aromatic N) is 5. The summed E-state index contributed by atoms with van der Waals surface area (Å²) in [4.78, 5) is 44.4. The van der Waals surface area contributed by atoms with Gasteiger partial charge in [-0.3, -0.25) is 24.7 Å². The van der Waals surface area contributed by atoms with Gasteiger partial charge in [-0.05, 0) is 53.4 Å². The molecule has 68 heavy (non-hydrogen) atoms. The van der Waals surface area contributed by atoms with Crippen LogP contribution < -0.4 is 43.3 Å². The largest absolute Gasteiger partial charge is 0.503 e. The Morgan fingerprint density at radius 2 is 1.06 bits per heavy atom. The van der Waals surface area contributed by atoms with Gasteiger partial charge in [0.1, 0.15) is 5.75 Å². The Kier molecular flexibility index (Phi) is 16.5. The van der Waals surface area contributed by atoms with Gasteiger partial charge < -0.3 is 58.2 Å². The highest BCUT2D eigenvalue weighted by molar-refractivity contribution is 5.86. The summed E-state index contributed by atoms with van der Waals surface area (Å²) in [5, 5.41) is 26.5. The highest BCUT2D eigenvalue weighted by Gasteiger charge is 2.17. The van der Waals surface area contributed by atoms with Crippen molar-refractivity contribution in [1.29, 1.82) is 0 Å². The molecule has 0 saturated heterocycles. The Morgan fingerprint density at radius 1 is 0.603 bits per heavy atom. The topological polar surface area (TPSA) is 249 Å². The second-order valence-corrected chi connectivity index (χ2v) is 14.3. The quantitative estimate of drug-likeness (QED) is 0.0996. The van der Waals surface area contributed by atoms with Gasteiger partial charge in [0.05, 0.1) is 50.3 Å². The van der Waals surface area contributed by atoms with E-state index < -0.39 is 5.97 Å². The van der Waals surface area contributed by atoms with Crippen LogP contribution in [0.25, 0.3) is 0 Å². The number of aryl methyl sites for hydroxylation is 6. The first-order valence-electron chi connectivity index (χ1n) is 31.0. The molecule has 4 N–H and O–H groups in total. The summed E-state index contributed by atoms with van der Waals surface area (Å²) in [6.07, 6.45) is 13.3. The number of aliphatic hydroxyl groups is 1. The number of aromatic amines is 1. The summed E-state index contributed by atoms with van der Waals surface area (Å²) in [6, 6.07) is 10.3. The number of nitrogens with one attached hydrogen (secondary N) is 1. The van der Waals surface area contributed by atoms with Crippen molar-refractivity contribution >= 4 is 5.97 Å². The molecule has 19 heteroatoms. The molecular weight excluding hydrogens is 881 g/mol. The first-order chi connectivity index (χ1) is 41.9. The molecule has 9 heterocycles. The molecule has 3 aliphatic rings. The number of pyridine rings is 6. The molecule has 0 radical (unpaired) electrons. The van der Waals surface area contributed by atoms with Crippen LogP contribution in [0.3, 0.4) is 0 Å². The minimum absolute atomic E-state index is 0. The molecule has 0 saturated carbocycles. The zero-order valence-corrected chi connectivity index (χ0v) is 39.7. The number of aromatic nitrogens is 6. The van der Waals surface area contributed by atoms with E-state index in [9.17, 15) is 14.7 Å². The van der Waals surface area contributed by atoms with Gasteiger partial charge in [0.15, 0.2) is 57.1 Å². The number of carbonyl (C=O) groups is 1. The first kappa shape index (κ1) is 40.6. The van der Waals surface area contributed by atoms with Crippen LogP contribution in [-0.4, -0.2) is 84.8 Å². The van der Waals surface area contributed by atoms with Crippen LogP contribution in [0.4, 0.5) is 0 Å². The fraction of sp³-hybridized carbons (Fsp3) is 0.367. The average Bonchev–Trinajstić information content (AvgIpc) is 4.60. The van der Waals surface area contributed by atoms with Crippen LogP contribution in [0.1, 0.15) is 123 Å². The molecule has 9 rings (SSSR count). The predicted molar refractivity (Wildman–Crippen MR) is 276 cm³/mol. The zero-order chi connectivity index (χ0) is 67.4. The van der Waals surface area contributed by atoms with Crippen LogP contribution in [-0.2, 0) is 32.3 Å². The van der Waals surface area contributed by atoms with E-state index in [0.29, 0.717) is 54.4 Å². The second kappa shape index (κ2) is 27.7. The molecule has 0 aliphatic carbocycles. The molecule has 388 valence electrons. The van der Waals surface area contributed by atoms with Gasteiger partial charge in [-0.25, -0.2) is 9.78 Å². The molecule has 0 aromatic carbocycles. The maximum absolute atomic E-state index is 11.0. The monoisotopic (exact) mass is 986 g/mol. The van der Waals surface area contributed by atoms with Crippen molar-refractivity contribution in [3.8, 4) is 51.7 Å². The normalized spacial score (nSPS) is 12.7. The third-order valence-electron chi connectivity index (χ3n) is 9.52. The summed E-state index contributed by atoms with van der Waals surface area (Å²) in [5.74, 6) is 4.30. The van der Waals surface area contributed by atoms with Crippen molar-refractivity contribution in [1.82, 2.24) is 29.9 Å². The Hall–Kier alpha value is -7.67. The van der Waals surface area contributed by atoms with E-state index >= 15 is 0 Å². The molecular formula is C49H84N6O13. The number of fused-ring (bicyclic) bond motifs is 3. The van der Waals surface area contributed by atoms with Crippen LogP contribution in [0.2, 0.25) is 0 Å². The minimum atomic E-state index is -1.08. The number of aliphatic hydroxyl groups excluding tert-OH is 1. The van der Waals surface area contributed by atoms with Crippen LogP contribution in [0.5, 0.6) is 51.7 Å². The highest BCUT2D eigenvalue weighted by Crippen LogP contribution is 2.33.